The maximum atomic E-state index is 12.4. The third-order valence-corrected chi connectivity index (χ3v) is 4.64. The monoisotopic (exact) mass is 379 g/mol. The third-order valence-electron chi connectivity index (χ3n) is 4.06. The first-order valence-corrected chi connectivity index (χ1v) is 8.89. The molecular formula is C18H19Cl2N3O2. The molecule has 1 N–H and O–H groups in total. The lowest BCUT2D eigenvalue weighted by molar-refractivity contribution is 0.0953. The van der Waals surface area contributed by atoms with E-state index in [4.69, 9.17) is 27.9 Å². The topological polar surface area (TPSA) is 54.5 Å². The Morgan fingerprint density at radius 3 is 2.76 bits per heavy atom. The lowest BCUT2D eigenvalue weighted by Crippen LogP contribution is -2.36. The molecule has 2 heterocycles. The number of halogens is 2. The molecule has 0 bridgehead atoms. The molecule has 1 aromatic carbocycles. The third kappa shape index (κ3) is 4.84. The van der Waals surface area contributed by atoms with Crippen molar-refractivity contribution >= 4 is 34.8 Å². The number of ether oxygens (including phenoxy) is 1. The predicted molar refractivity (Wildman–Crippen MR) is 99.8 cm³/mol. The lowest BCUT2D eigenvalue weighted by atomic mass is 10.1. The second-order valence-electron chi connectivity index (χ2n) is 5.77. The molecular weight excluding hydrogens is 361 g/mol. The van der Waals surface area contributed by atoms with E-state index in [1.165, 1.54) is 0 Å². The van der Waals surface area contributed by atoms with Crippen LogP contribution in [0.5, 0.6) is 0 Å². The zero-order chi connectivity index (χ0) is 17.6. The standard InChI is InChI=1S/C18H19Cl2N3O2/c19-15-2-1-13(17(20)10-15)3-4-22-18(24)14-9-16(12-21-11-14)23-5-7-25-8-6-23/h1-2,9-12H,3-8H2,(H,22,24). The number of rotatable bonds is 5. The molecule has 7 heteroatoms. The van der Waals surface area contributed by atoms with E-state index in [1.807, 2.05) is 12.1 Å². The molecule has 0 atom stereocenters. The maximum Gasteiger partial charge on any atom is 0.252 e. The first-order valence-electron chi connectivity index (χ1n) is 8.13. The van der Waals surface area contributed by atoms with Gasteiger partial charge in [0.05, 0.1) is 30.7 Å². The number of carbonyl (C=O) groups excluding carboxylic acids is 1. The van der Waals surface area contributed by atoms with Gasteiger partial charge >= 0.3 is 0 Å². The number of hydrogen-bond acceptors (Lipinski definition) is 4. The van der Waals surface area contributed by atoms with Crippen molar-refractivity contribution in [2.24, 2.45) is 0 Å². The van der Waals surface area contributed by atoms with Gasteiger partial charge in [0.2, 0.25) is 0 Å². The molecule has 0 unspecified atom stereocenters. The van der Waals surface area contributed by atoms with Gasteiger partial charge < -0.3 is 15.0 Å². The van der Waals surface area contributed by atoms with E-state index >= 15 is 0 Å². The van der Waals surface area contributed by atoms with Gasteiger partial charge in [0.25, 0.3) is 5.91 Å². The van der Waals surface area contributed by atoms with Crippen molar-refractivity contribution in [1.29, 1.82) is 0 Å². The highest BCUT2D eigenvalue weighted by Crippen LogP contribution is 2.21. The summed E-state index contributed by atoms with van der Waals surface area (Å²) in [5.41, 5.74) is 2.44. The van der Waals surface area contributed by atoms with Crippen LogP contribution in [0.3, 0.4) is 0 Å². The largest absolute Gasteiger partial charge is 0.378 e. The summed E-state index contributed by atoms with van der Waals surface area (Å²) in [5, 5.41) is 4.12. The van der Waals surface area contributed by atoms with Crippen LogP contribution in [0, 0.1) is 0 Å². The SMILES string of the molecule is O=C(NCCc1ccc(Cl)cc1Cl)c1cncc(N2CCOCC2)c1. The predicted octanol–water partition coefficient (Wildman–Crippen LogP) is 3.20. The van der Waals surface area contributed by atoms with Crippen molar-refractivity contribution in [2.75, 3.05) is 37.7 Å². The van der Waals surface area contributed by atoms with Crippen LogP contribution in [0.1, 0.15) is 15.9 Å². The molecule has 1 amide bonds. The fourth-order valence-electron chi connectivity index (χ4n) is 2.68. The molecule has 5 nitrogen and oxygen atoms in total. The fraction of sp³-hybridized carbons (Fsp3) is 0.333. The minimum Gasteiger partial charge on any atom is -0.378 e. The van der Waals surface area contributed by atoms with Crippen LogP contribution < -0.4 is 10.2 Å². The highest BCUT2D eigenvalue weighted by molar-refractivity contribution is 6.35. The average molecular weight is 380 g/mol. The Labute approximate surface area is 156 Å². The van der Waals surface area contributed by atoms with E-state index in [0.717, 1.165) is 24.3 Å². The fourth-order valence-corrected chi connectivity index (χ4v) is 3.19. The van der Waals surface area contributed by atoms with Gasteiger partial charge in [0.1, 0.15) is 0 Å². The summed E-state index contributed by atoms with van der Waals surface area (Å²) >= 11 is 12.0. The lowest BCUT2D eigenvalue weighted by Gasteiger charge is -2.28. The molecule has 25 heavy (non-hydrogen) atoms. The van der Waals surface area contributed by atoms with Gasteiger partial charge in [-0.25, -0.2) is 0 Å². The van der Waals surface area contributed by atoms with Gasteiger partial charge in [0.15, 0.2) is 0 Å². The van der Waals surface area contributed by atoms with E-state index in [0.29, 0.717) is 41.8 Å². The van der Waals surface area contributed by atoms with Crippen molar-refractivity contribution in [3.8, 4) is 0 Å². The average Bonchev–Trinajstić information content (AvgIpc) is 2.64. The highest BCUT2D eigenvalue weighted by Gasteiger charge is 2.14. The number of pyridine rings is 1. The molecule has 3 rings (SSSR count). The van der Waals surface area contributed by atoms with Crippen LogP contribution in [0.25, 0.3) is 0 Å². The molecule has 2 aromatic rings. The Hall–Kier alpha value is -1.82. The summed E-state index contributed by atoms with van der Waals surface area (Å²) in [4.78, 5) is 18.7. The number of hydrogen-bond donors (Lipinski definition) is 1. The first kappa shape index (κ1) is 18.0. The molecule has 1 fully saturated rings. The second-order valence-corrected chi connectivity index (χ2v) is 6.62. The number of anilines is 1. The van der Waals surface area contributed by atoms with E-state index in [2.05, 4.69) is 15.2 Å². The van der Waals surface area contributed by atoms with E-state index in [-0.39, 0.29) is 5.91 Å². The molecule has 0 aliphatic carbocycles. The van der Waals surface area contributed by atoms with Gasteiger partial charge in [-0.15, -0.1) is 0 Å². The summed E-state index contributed by atoms with van der Waals surface area (Å²) in [7, 11) is 0. The second kappa shape index (κ2) is 8.52. The van der Waals surface area contributed by atoms with Crippen LogP contribution in [0.2, 0.25) is 10.0 Å². The molecule has 1 saturated heterocycles. The minimum absolute atomic E-state index is 0.146. The minimum atomic E-state index is -0.146. The van der Waals surface area contributed by atoms with Gasteiger partial charge in [-0.1, -0.05) is 29.3 Å². The van der Waals surface area contributed by atoms with Gasteiger partial charge in [-0.2, -0.15) is 0 Å². The van der Waals surface area contributed by atoms with Crippen LogP contribution in [0.4, 0.5) is 5.69 Å². The number of aromatic nitrogens is 1. The Bertz CT molecular complexity index is 749. The smallest absolute Gasteiger partial charge is 0.252 e. The van der Waals surface area contributed by atoms with Crippen molar-refractivity contribution < 1.29 is 9.53 Å². The Morgan fingerprint density at radius 2 is 2.00 bits per heavy atom. The Kier molecular flexibility index (Phi) is 6.13. The molecule has 0 spiro atoms. The zero-order valence-corrected chi connectivity index (χ0v) is 15.2. The Morgan fingerprint density at radius 1 is 1.20 bits per heavy atom. The van der Waals surface area contributed by atoms with E-state index in [1.54, 1.807) is 24.5 Å². The normalized spacial score (nSPS) is 14.4. The van der Waals surface area contributed by atoms with Gasteiger partial charge in [-0.05, 0) is 30.2 Å². The molecule has 0 saturated carbocycles. The molecule has 1 aromatic heterocycles. The van der Waals surface area contributed by atoms with Crippen molar-refractivity contribution in [3.63, 3.8) is 0 Å². The summed E-state index contributed by atoms with van der Waals surface area (Å²) in [6.07, 6.45) is 3.99. The maximum absolute atomic E-state index is 12.4. The molecule has 0 radical (unpaired) electrons. The van der Waals surface area contributed by atoms with Crippen LogP contribution in [0.15, 0.2) is 36.7 Å². The summed E-state index contributed by atoms with van der Waals surface area (Å²) < 4.78 is 5.35. The summed E-state index contributed by atoms with van der Waals surface area (Å²) in [6, 6.07) is 7.23. The number of nitrogens with one attached hydrogen (secondary N) is 1. The van der Waals surface area contributed by atoms with Crippen molar-refractivity contribution in [1.82, 2.24) is 10.3 Å². The number of morpholine rings is 1. The molecule has 1 aliphatic rings. The number of amides is 1. The van der Waals surface area contributed by atoms with Crippen LogP contribution >= 0.6 is 23.2 Å². The van der Waals surface area contributed by atoms with E-state index < -0.39 is 0 Å². The number of benzene rings is 1. The summed E-state index contributed by atoms with van der Waals surface area (Å²) in [5.74, 6) is -0.146. The molecule has 132 valence electrons. The van der Waals surface area contributed by atoms with Crippen LogP contribution in [-0.4, -0.2) is 43.7 Å². The van der Waals surface area contributed by atoms with Crippen LogP contribution in [-0.2, 0) is 11.2 Å². The van der Waals surface area contributed by atoms with Crippen molar-refractivity contribution in [3.05, 3.63) is 57.8 Å². The van der Waals surface area contributed by atoms with E-state index in [9.17, 15) is 4.79 Å². The zero-order valence-electron chi connectivity index (χ0n) is 13.7. The molecule has 1 aliphatic heterocycles. The Balaban J connectivity index is 1.57. The highest BCUT2D eigenvalue weighted by atomic mass is 35.5. The first-order chi connectivity index (χ1) is 12.1. The van der Waals surface area contributed by atoms with Gasteiger partial charge in [-0.3, -0.25) is 9.78 Å². The van der Waals surface area contributed by atoms with Gasteiger partial charge in [0, 0.05) is 35.9 Å². The number of carbonyl (C=O) groups is 1. The summed E-state index contributed by atoms with van der Waals surface area (Å²) in [6.45, 7) is 3.49. The quantitative estimate of drug-likeness (QED) is 0.866. The van der Waals surface area contributed by atoms with Crippen molar-refractivity contribution in [2.45, 2.75) is 6.42 Å². The number of nitrogens with zero attached hydrogens (tertiary/aromatic N) is 2.